The summed E-state index contributed by atoms with van der Waals surface area (Å²) in [6, 6.07) is 18.2. The lowest BCUT2D eigenvalue weighted by molar-refractivity contribution is -0.137. The number of carboxylic acids is 1. The number of anilines is 2. The Hall–Kier alpha value is -9.97. The summed E-state index contributed by atoms with van der Waals surface area (Å²) >= 11 is 0. The number of imide groups is 1. The Morgan fingerprint density at radius 2 is 1.43 bits per heavy atom. The number of aromatic carboxylic acids is 1. The van der Waals surface area contributed by atoms with Crippen LogP contribution in [0.3, 0.4) is 0 Å². The minimum absolute atomic E-state index is 0.0496. The van der Waals surface area contributed by atoms with Gasteiger partial charge in [-0.05, 0) is 85.8 Å². The van der Waals surface area contributed by atoms with Gasteiger partial charge in [0.25, 0.3) is 11.8 Å². The van der Waals surface area contributed by atoms with E-state index in [4.69, 9.17) is 44.1 Å². The Labute approximate surface area is 516 Å². The number of aromatic amines is 1. The third-order valence-corrected chi connectivity index (χ3v) is 13.4. The molecule has 0 fully saturated rings. The van der Waals surface area contributed by atoms with Crippen LogP contribution in [0.2, 0.25) is 0 Å². The number of rotatable bonds is 37. The van der Waals surface area contributed by atoms with E-state index in [1.807, 2.05) is 25.1 Å². The van der Waals surface area contributed by atoms with E-state index in [2.05, 4.69) is 46.9 Å². The average molecular weight is 1250 g/mol. The third kappa shape index (κ3) is 21.4. The smallest absolute Gasteiger partial charge is 0.407 e. The zero-order chi connectivity index (χ0) is 64.4. The van der Waals surface area contributed by atoms with Gasteiger partial charge in [-0.1, -0.05) is 32.0 Å². The molecule has 7 rings (SSSR count). The number of carboxylic acid groups (broad SMARTS) is 1. The molecule has 0 aliphatic carbocycles. The lowest BCUT2D eigenvalue weighted by atomic mass is 10.0. The number of imidazole rings is 1. The van der Waals surface area contributed by atoms with Crippen molar-refractivity contribution in [2.75, 3.05) is 89.7 Å². The zero-order valence-corrected chi connectivity index (χ0v) is 49.8. The van der Waals surface area contributed by atoms with Crippen molar-refractivity contribution in [2.24, 2.45) is 11.7 Å². The Bertz CT molecular complexity index is 3480. The van der Waals surface area contributed by atoms with Crippen LogP contribution in [-0.2, 0) is 60.8 Å². The second-order valence-corrected chi connectivity index (χ2v) is 20.5. The van der Waals surface area contributed by atoms with Crippen molar-refractivity contribution < 1.29 is 76.3 Å². The summed E-state index contributed by atoms with van der Waals surface area (Å²) in [6.07, 6.45) is 3.58. The molecule has 90 heavy (non-hydrogen) atoms. The molecule has 0 saturated carbocycles. The number of carbonyl (C=O) groups is 8. The monoisotopic (exact) mass is 1250 g/mol. The van der Waals surface area contributed by atoms with Gasteiger partial charge in [0.05, 0.1) is 112 Å². The summed E-state index contributed by atoms with van der Waals surface area (Å²) in [4.78, 5) is 122. The van der Waals surface area contributed by atoms with Gasteiger partial charge in [-0.25, -0.2) is 28.7 Å². The number of amides is 8. The molecule has 0 radical (unpaired) electrons. The van der Waals surface area contributed by atoms with E-state index in [9.17, 15) is 47.9 Å². The number of hydrogen-bond acceptors (Lipinski definition) is 19. The summed E-state index contributed by atoms with van der Waals surface area (Å²) < 4.78 is 47.2. The van der Waals surface area contributed by atoms with Gasteiger partial charge in [0.15, 0.2) is 0 Å². The number of nitrogens with one attached hydrogen (secondary N) is 7. The molecular weight excluding hydrogens is 1170 g/mol. The van der Waals surface area contributed by atoms with E-state index in [0.29, 0.717) is 82.1 Å². The van der Waals surface area contributed by atoms with Crippen LogP contribution in [0.5, 0.6) is 5.75 Å². The molecule has 1 aliphatic heterocycles. The Balaban J connectivity index is 0.814. The highest BCUT2D eigenvalue weighted by Gasteiger charge is 2.29. The lowest BCUT2D eigenvalue weighted by Crippen LogP contribution is -2.54. The molecule has 2 unspecified atom stereocenters. The molecule has 29 heteroatoms. The van der Waals surface area contributed by atoms with E-state index < -0.39 is 59.3 Å². The highest BCUT2D eigenvalue weighted by molar-refractivity contribution is 6.12. The molecule has 1 aliphatic rings. The number of pyridine rings is 3. The van der Waals surface area contributed by atoms with E-state index >= 15 is 0 Å². The number of primary amides is 1. The summed E-state index contributed by atoms with van der Waals surface area (Å²) in [5.74, 6) is -4.09. The number of aryl methyl sites for hydroxylation is 1. The number of H-pyrrole nitrogens is 1. The molecule has 0 saturated heterocycles. The Morgan fingerprint density at radius 1 is 0.733 bits per heavy atom. The first-order valence-electron chi connectivity index (χ1n) is 28.9. The van der Waals surface area contributed by atoms with E-state index in [0.717, 1.165) is 16.7 Å². The van der Waals surface area contributed by atoms with Crippen molar-refractivity contribution in [3.05, 3.63) is 126 Å². The topological polar surface area (TPSA) is 381 Å². The number of benzene rings is 2. The summed E-state index contributed by atoms with van der Waals surface area (Å²) in [5.41, 5.74) is 10.1. The van der Waals surface area contributed by atoms with Crippen LogP contribution >= 0.6 is 0 Å². The quantitative estimate of drug-likeness (QED) is 0.0191. The standard InChI is InChI=1S/C61H72FN13O15/c1-37(2)54(74-51(76)19-23-85-26-28-87-30-31-88-29-27-86-25-22-75-52(77)17-18-53(75)78)58(80)71-48(8-5-20-64-60(63)83)57(79)69-40-11-9-39(10-12-40)36-90-61(84)65-21-24-89-42-33-49-45(67-34-42)15-16-47(70-49)56-55(46-7-4-6-38(3)68-46)72-50(73-56)35-66-41-13-14-44(62)43(32-41)59(81)82/h4,6-7,9-18,32-34,37,48,54,66H,5,8,19-31,35-36H2,1-3H3,(H,65,84)(H,69,79)(H,71,80)(H,72,73)(H,74,76)(H,81,82)(H3,63,64,83). The maximum atomic E-state index is 14.1. The predicted molar refractivity (Wildman–Crippen MR) is 324 cm³/mol. The molecule has 478 valence electrons. The molecule has 4 aromatic heterocycles. The fourth-order valence-corrected chi connectivity index (χ4v) is 8.74. The van der Waals surface area contributed by atoms with Crippen molar-refractivity contribution in [1.82, 2.24) is 51.1 Å². The fourth-order valence-electron chi connectivity index (χ4n) is 8.74. The van der Waals surface area contributed by atoms with Crippen LogP contribution in [0, 0.1) is 18.7 Å². The number of nitrogens with zero attached hydrogens (tertiary/aromatic N) is 5. The van der Waals surface area contributed by atoms with Gasteiger partial charge in [0, 0.05) is 48.3 Å². The molecule has 2 atom stereocenters. The molecule has 28 nitrogen and oxygen atoms in total. The van der Waals surface area contributed by atoms with Gasteiger partial charge in [0.2, 0.25) is 17.7 Å². The van der Waals surface area contributed by atoms with E-state index in [-0.39, 0.29) is 109 Å². The maximum absolute atomic E-state index is 14.1. The number of halogens is 1. The lowest BCUT2D eigenvalue weighted by Gasteiger charge is -2.25. The minimum atomic E-state index is -1.39. The van der Waals surface area contributed by atoms with Crippen LogP contribution in [0.15, 0.2) is 97.2 Å². The number of hydrogen-bond donors (Lipinski definition) is 9. The zero-order valence-electron chi connectivity index (χ0n) is 49.8. The number of aromatic nitrogens is 5. The fraction of sp³-hybridized carbons (Fsp3) is 0.377. The number of fused-ring (bicyclic) bond motifs is 1. The number of urea groups is 1. The number of alkyl carbamates (subject to hydrolysis) is 1. The molecular formula is C61H72FN13O15. The highest BCUT2D eigenvalue weighted by Crippen LogP contribution is 2.30. The molecule has 5 heterocycles. The van der Waals surface area contributed by atoms with Crippen LogP contribution in [-0.4, -0.2) is 174 Å². The van der Waals surface area contributed by atoms with E-state index in [1.54, 1.807) is 56.3 Å². The number of carbonyl (C=O) groups excluding carboxylic acids is 7. The predicted octanol–water partition coefficient (Wildman–Crippen LogP) is 4.54. The molecule has 0 spiro atoms. The van der Waals surface area contributed by atoms with Crippen LogP contribution in [0.4, 0.5) is 25.4 Å². The third-order valence-electron chi connectivity index (χ3n) is 13.4. The van der Waals surface area contributed by atoms with Gasteiger partial charge in [-0.3, -0.25) is 38.8 Å². The maximum Gasteiger partial charge on any atom is 0.407 e. The SMILES string of the molecule is Cc1cccc(-c2nc(CNc3ccc(F)c(C(=O)O)c3)[nH]c2-c2ccc3ncc(OCCNC(=O)OCc4ccc(NC(=O)C(CCCNC(N)=O)NC(=O)C(NC(=O)CCOCCOCCOCCOCCN5C(=O)C=CC5=O)C(C)C)cc4)cc3n2)n1. The Morgan fingerprint density at radius 3 is 2.12 bits per heavy atom. The summed E-state index contributed by atoms with van der Waals surface area (Å²) in [5, 5.41) is 25.8. The molecule has 8 amide bonds. The second-order valence-electron chi connectivity index (χ2n) is 20.5. The number of nitrogens with two attached hydrogens (primary N) is 1. The van der Waals surface area contributed by atoms with Crippen molar-refractivity contribution in [1.29, 1.82) is 0 Å². The van der Waals surface area contributed by atoms with Crippen LogP contribution in [0.25, 0.3) is 33.8 Å². The van der Waals surface area contributed by atoms with Gasteiger partial charge < -0.3 is 76.1 Å². The molecule has 2 aromatic carbocycles. The largest absolute Gasteiger partial charge is 0.490 e. The van der Waals surface area contributed by atoms with Crippen molar-refractivity contribution in [3.8, 4) is 28.5 Å². The normalized spacial score (nSPS) is 12.6. The first-order valence-corrected chi connectivity index (χ1v) is 28.9. The molecule has 0 bridgehead atoms. The second kappa shape index (κ2) is 34.5. The summed E-state index contributed by atoms with van der Waals surface area (Å²) in [6.45, 7) is 7.68. The first-order chi connectivity index (χ1) is 43.4. The van der Waals surface area contributed by atoms with Gasteiger partial charge in [-0.2, -0.15) is 0 Å². The van der Waals surface area contributed by atoms with Crippen molar-refractivity contribution in [2.45, 2.75) is 65.3 Å². The van der Waals surface area contributed by atoms with Crippen LogP contribution < -0.4 is 42.4 Å². The Kier molecular flexibility index (Phi) is 25.9. The first kappa shape index (κ1) is 67.5. The van der Waals surface area contributed by atoms with Gasteiger partial charge in [0.1, 0.15) is 48.4 Å². The van der Waals surface area contributed by atoms with Crippen LogP contribution in [0.1, 0.15) is 60.5 Å². The minimum Gasteiger partial charge on any atom is -0.490 e. The summed E-state index contributed by atoms with van der Waals surface area (Å²) in [7, 11) is 0. The van der Waals surface area contributed by atoms with E-state index in [1.165, 1.54) is 30.5 Å². The average Bonchev–Trinajstić information content (AvgIpc) is 1.63. The van der Waals surface area contributed by atoms with Crippen molar-refractivity contribution in [3.63, 3.8) is 0 Å². The van der Waals surface area contributed by atoms with Gasteiger partial charge in [-0.15, -0.1) is 0 Å². The van der Waals surface area contributed by atoms with Crippen molar-refractivity contribution >= 4 is 70.0 Å². The van der Waals surface area contributed by atoms with Gasteiger partial charge >= 0.3 is 18.1 Å². The molecule has 10 N–H and O–H groups in total. The molecule has 6 aromatic rings. The highest BCUT2D eigenvalue weighted by atomic mass is 19.1. The number of ether oxygens (including phenoxy) is 6.